The van der Waals surface area contributed by atoms with E-state index in [1.54, 1.807) is 51.1 Å². The molecule has 0 fully saturated rings. The molecule has 1 N–H and O–H groups in total. The number of alkyl halides is 2. The number of rotatable bonds is 12. The van der Waals surface area contributed by atoms with Crippen LogP contribution in [0.3, 0.4) is 0 Å². The third-order valence-electron chi connectivity index (χ3n) is 3.84. The molecule has 0 spiro atoms. The van der Waals surface area contributed by atoms with Crippen LogP contribution in [0.5, 0.6) is 0 Å². The minimum Gasteiger partial charge on any atom is -0.461 e. The summed E-state index contributed by atoms with van der Waals surface area (Å²) < 4.78 is 44.4. The maximum absolute atomic E-state index is 12.7. The van der Waals surface area contributed by atoms with Crippen molar-refractivity contribution in [2.75, 3.05) is 20.3 Å². The standard InChI is InChI=1S/C21H29F2NO7/c1-21(2,3)31-20(27)24-16(13-28-4)17(25)10-15(12-30-19(22)23)18(26)29-11-14-8-6-5-7-9-14/h5-9,15-16,19H,10-13H2,1-4H3,(H,24,27)/t15-,16-/m0/s1. The third-order valence-corrected chi connectivity index (χ3v) is 3.84. The number of methoxy groups -OCH3 is 1. The number of carbonyl (C=O) groups is 3. The zero-order chi connectivity index (χ0) is 23.4. The van der Waals surface area contributed by atoms with Crippen LogP contribution in [0.4, 0.5) is 13.6 Å². The van der Waals surface area contributed by atoms with Crippen molar-refractivity contribution in [1.82, 2.24) is 5.32 Å². The number of carbonyl (C=O) groups excluding carboxylic acids is 3. The molecule has 0 heterocycles. The first kappa shape index (κ1) is 26.4. The van der Waals surface area contributed by atoms with Gasteiger partial charge in [0.15, 0.2) is 5.78 Å². The molecule has 0 radical (unpaired) electrons. The number of ether oxygens (including phenoxy) is 4. The highest BCUT2D eigenvalue weighted by Crippen LogP contribution is 2.14. The fraction of sp³-hybridized carbons (Fsp3) is 0.571. The topological polar surface area (TPSA) is 100 Å². The highest BCUT2D eigenvalue weighted by Gasteiger charge is 2.30. The molecule has 0 saturated heterocycles. The molecule has 0 aliphatic rings. The number of hydrogen-bond donors (Lipinski definition) is 1. The Bertz CT molecular complexity index is 707. The van der Waals surface area contributed by atoms with Gasteiger partial charge in [-0.25, -0.2) is 4.79 Å². The van der Waals surface area contributed by atoms with Crippen LogP contribution in [-0.4, -0.2) is 56.4 Å². The summed E-state index contributed by atoms with van der Waals surface area (Å²) in [6.07, 6.45) is -1.35. The molecule has 31 heavy (non-hydrogen) atoms. The van der Waals surface area contributed by atoms with Gasteiger partial charge < -0.3 is 24.3 Å². The van der Waals surface area contributed by atoms with Gasteiger partial charge in [0.2, 0.25) is 0 Å². The fourth-order valence-electron chi connectivity index (χ4n) is 2.46. The van der Waals surface area contributed by atoms with Gasteiger partial charge in [-0.1, -0.05) is 30.3 Å². The normalized spacial score (nSPS) is 13.4. The van der Waals surface area contributed by atoms with Crippen molar-refractivity contribution in [3.8, 4) is 0 Å². The number of benzene rings is 1. The fourth-order valence-corrected chi connectivity index (χ4v) is 2.46. The van der Waals surface area contributed by atoms with E-state index in [0.29, 0.717) is 5.56 Å². The van der Waals surface area contributed by atoms with Crippen LogP contribution in [0.15, 0.2) is 30.3 Å². The summed E-state index contributed by atoms with van der Waals surface area (Å²) in [5.41, 5.74) is -0.0980. The van der Waals surface area contributed by atoms with E-state index in [1.807, 2.05) is 0 Å². The Kier molecular flexibility index (Phi) is 11.1. The second-order valence-corrected chi connectivity index (χ2v) is 7.71. The Hall–Kier alpha value is -2.59. The third kappa shape index (κ3) is 11.4. The van der Waals surface area contributed by atoms with Crippen LogP contribution < -0.4 is 5.32 Å². The van der Waals surface area contributed by atoms with E-state index in [2.05, 4.69) is 10.1 Å². The van der Waals surface area contributed by atoms with Crippen molar-refractivity contribution in [2.24, 2.45) is 5.92 Å². The van der Waals surface area contributed by atoms with Gasteiger partial charge in [-0.2, -0.15) is 8.78 Å². The van der Waals surface area contributed by atoms with Crippen molar-refractivity contribution >= 4 is 17.8 Å². The zero-order valence-electron chi connectivity index (χ0n) is 18.1. The number of Topliss-reactive ketones (excluding diaryl/α,β-unsaturated/α-hetero) is 1. The molecule has 0 saturated carbocycles. The van der Waals surface area contributed by atoms with Gasteiger partial charge in [-0.15, -0.1) is 0 Å². The lowest BCUT2D eigenvalue weighted by Gasteiger charge is -2.23. The maximum atomic E-state index is 12.7. The van der Waals surface area contributed by atoms with E-state index in [1.165, 1.54) is 7.11 Å². The van der Waals surface area contributed by atoms with E-state index in [0.717, 1.165) is 0 Å². The average molecular weight is 445 g/mol. The van der Waals surface area contributed by atoms with Crippen molar-refractivity contribution < 1.29 is 42.1 Å². The number of ketones is 1. The summed E-state index contributed by atoms with van der Waals surface area (Å²) in [5.74, 6) is -2.77. The minimum absolute atomic E-state index is 0.0866. The number of amides is 1. The predicted molar refractivity (Wildman–Crippen MR) is 106 cm³/mol. The molecular weight excluding hydrogens is 416 g/mol. The van der Waals surface area contributed by atoms with Gasteiger partial charge >= 0.3 is 18.7 Å². The molecule has 2 atom stereocenters. The number of nitrogens with one attached hydrogen (secondary N) is 1. The first-order valence-corrected chi connectivity index (χ1v) is 9.63. The average Bonchev–Trinajstić information content (AvgIpc) is 2.68. The number of esters is 1. The smallest absolute Gasteiger partial charge is 0.408 e. The first-order valence-electron chi connectivity index (χ1n) is 9.63. The lowest BCUT2D eigenvalue weighted by molar-refractivity contribution is -0.166. The van der Waals surface area contributed by atoms with E-state index in [9.17, 15) is 23.2 Å². The summed E-state index contributed by atoms with van der Waals surface area (Å²) >= 11 is 0. The quantitative estimate of drug-likeness (QED) is 0.494. The molecule has 0 aromatic heterocycles. The van der Waals surface area contributed by atoms with Crippen LogP contribution in [0.2, 0.25) is 0 Å². The van der Waals surface area contributed by atoms with Crippen LogP contribution >= 0.6 is 0 Å². The number of alkyl carbamates (subject to hydrolysis) is 1. The molecular formula is C21H29F2NO7. The minimum atomic E-state index is -3.12. The molecule has 1 amide bonds. The maximum Gasteiger partial charge on any atom is 0.408 e. The summed E-state index contributed by atoms with van der Waals surface area (Å²) in [6, 6.07) is 7.60. The lowest BCUT2D eigenvalue weighted by Crippen LogP contribution is -2.47. The van der Waals surface area contributed by atoms with E-state index in [4.69, 9.17) is 14.2 Å². The van der Waals surface area contributed by atoms with Crippen molar-refractivity contribution in [3.05, 3.63) is 35.9 Å². The Morgan fingerprint density at radius 3 is 2.26 bits per heavy atom. The molecule has 0 aliphatic carbocycles. The van der Waals surface area contributed by atoms with Gasteiger partial charge in [0.1, 0.15) is 18.2 Å². The molecule has 1 rings (SSSR count). The summed E-state index contributed by atoms with van der Waals surface area (Å²) in [6.45, 7) is 0.842. The highest BCUT2D eigenvalue weighted by atomic mass is 19.3. The summed E-state index contributed by atoms with van der Waals surface area (Å²) in [4.78, 5) is 37.1. The molecule has 0 bridgehead atoms. The van der Waals surface area contributed by atoms with Gasteiger partial charge in [-0.05, 0) is 26.3 Å². The van der Waals surface area contributed by atoms with Crippen LogP contribution in [0.25, 0.3) is 0 Å². The zero-order valence-corrected chi connectivity index (χ0v) is 18.1. The number of halogens is 2. The first-order chi connectivity index (χ1) is 14.5. The summed E-state index contributed by atoms with van der Waals surface area (Å²) in [7, 11) is 1.32. The largest absolute Gasteiger partial charge is 0.461 e. The van der Waals surface area contributed by atoms with Gasteiger partial charge in [-0.3, -0.25) is 9.59 Å². The van der Waals surface area contributed by atoms with E-state index in [-0.39, 0.29) is 13.2 Å². The Morgan fingerprint density at radius 2 is 1.71 bits per heavy atom. The molecule has 8 nitrogen and oxygen atoms in total. The number of hydrogen-bond acceptors (Lipinski definition) is 7. The van der Waals surface area contributed by atoms with E-state index >= 15 is 0 Å². The van der Waals surface area contributed by atoms with Gasteiger partial charge in [0, 0.05) is 13.5 Å². The molecule has 1 aromatic rings. The van der Waals surface area contributed by atoms with Crippen molar-refractivity contribution in [3.63, 3.8) is 0 Å². The van der Waals surface area contributed by atoms with Crippen molar-refractivity contribution in [2.45, 2.75) is 52.1 Å². The lowest BCUT2D eigenvalue weighted by atomic mass is 9.99. The molecule has 1 aromatic carbocycles. The van der Waals surface area contributed by atoms with Gasteiger partial charge in [0.25, 0.3) is 0 Å². The summed E-state index contributed by atoms with van der Waals surface area (Å²) in [5, 5.41) is 2.36. The van der Waals surface area contributed by atoms with Crippen LogP contribution in [-0.2, 0) is 35.1 Å². The molecule has 174 valence electrons. The predicted octanol–water partition coefficient (Wildman–Crippen LogP) is 3.08. The Morgan fingerprint density at radius 1 is 1.06 bits per heavy atom. The second-order valence-electron chi connectivity index (χ2n) is 7.71. The SMILES string of the molecule is COC[C@H](NC(=O)OC(C)(C)C)C(=O)C[C@@H](COC(F)F)C(=O)OCc1ccccc1. The second kappa shape index (κ2) is 13.0. The molecule has 0 unspecified atom stereocenters. The Labute approximate surface area is 180 Å². The molecule has 10 heteroatoms. The van der Waals surface area contributed by atoms with Crippen LogP contribution in [0, 0.1) is 5.92 Å². The highest BCUT2D eigenvalue weighted by molar-refractivity contribution is 5.90. The van der Waals surface area contributed by atoms with Crippen LogP contribution in [0.1, 0.15) is 32.8 Å². The van der Waals surface area contributed by atoms with Gasteiger partial charge in [0.05, 0.1) is 19.1 Å². The monoisotopic (exact) mass is 445 g/mol. The molecule has 0 aliphatic heterocycles. The Balaban J connectivity index is 2.79. The van der Waals surface area contributed by atoms with E-state index < -0.39 is 55.0 Å². The van der Waals surface area contributed by atoms with Crippen molar-refractivity contribution in [1.29, 1.82) is 0 Å².